The van der Waals surface area contributed by atoms with Crippen LogP contribution in [-0.4, -0.2) is 27.3 Å². The third-order valence-electron chi connectivity index (χ3n) is 4.32. The van der Waals surface area contributed by atoms with Gasteiger partial charge in [-0.3, -0.25) is 9.48 Å². The number of aryl methyl sites for hydroxylation is 2. The number of pyridine rings is 1. The molecule has 1 N–H and O–H groups in total. The molecule has 0 bridgehead atoms. The van der Waals surface area contributed by atoms with Gasteiger partial charge in [0.1, 0.15) is 5.75 Å². The van der Waals surface area contributed by atoms with Crippen LogP contribution in [0, 0.1) is 6.92 Å². The molecule has 9 heteroatoms. The van der Waals surface area contributed by atoms with Gasteiger partial charge in [0.2, 0.25) is 0 Å². The number of ether oxygens (including phenoxy) is 1. The average Bonchev–Trinajstić information content (AvgIpc) is 3.31. The smallest absolute Gasteiger partial charge is 0.387 e. The molecule has 0 saturated carbocycles. The Labute approximate surface area is 168 Å². The molecule has 29 heavy (non-hydrogen) atoms. The maximum absolute atomic E-state index is 13.1. The number of benzene rings is 1. The lowest BCUT2D eigenvalue weighted by molar-refractivity contribution is -0.0498. The summed E-state index contributed by atoms with van der Waals surface area (Å²) in [6.07, 6.45) is 0. The van der Waals surface area contributed by atoms with Crippen molar-refractivity contribution >= 4 is 34.0 Å². The number of halogens is 2. The van der Waals surface area contributed by atoms with Gasteiger partial charge in [-0.2, -0.15) is 13.9 Å². The predicted molar refractivity (Wildman–Crippen MR) is 108 cm³/mol. The van der Waals surface area contributed by atoms with Crippen LogP contribution >= 0.6 is 11.3 Å². The van der Waals surface area contributed by atoms with Gasteiger partial charge in [-0.1, -0.05) is 6.07 Å². The highest BCUT2D eigenvalue weighted by Gasteiger charge is 2.20. The first-order valence-corrected chi connectivity index (χ1v) is 9.55. The molecule has 3 aromatic heterocycles. The Morgan fingerprint density at radius 1 is 1.24 bits per heavy atom. The summed E-state index contributed by atoms with van der Waals surface area (Å²) in [7, 11) is 1.78. The number of hydrogen-bond acceptors (Lipinski definition) is 5. The van der Waals surface area contributed by atoms with Crippen LogP contribution in [0.3, 0.4) is 0 Å². The minimum atomic E-state index is -2.90. The summed E-state index contributed by atoms with van der Waals surface area (Å²) in [4.78, 5) is 18.7. The van der Waals surface area contributed by atoms with Gasteiger partial charge in [-0.05, 0) is 48.7 Å². The fraction of sp³-hybridized carbons (Fsp3) is 0.150. The van der Waals surface area contributed by atoms with Crippen LogP contribution in [0.1, 0.15) is 16.1 Å². The molecule has 1 amide bonds. The first kappa shape index (κ1) is 19.0. The maximum atomic E-state index is 13.1. The third kappa shape index (κ3) is 3.81. The summed E-state index contributed by atoms with van der Waals surface area (Å²) in [6.45, 7) is -1.08. The second-order valence-corrected chi connectivity index (χ2v) is 7.24. The van der Waals surface area contributed by atoms with Crippen LogP contribution in [-0.2, 0) is 7.05 Å². The molecule has 0 unspecified atom stereocenters. The Balaban J connectivity index is 1.71. The van der Waals surface area contributed by atoms with E-state index in [1.807, 2.05) is 24.4 Å². The SMILES string of the molecule is Cc1nn(C)c2nc(-c3cccs3)cc(C(=O)Nc3ccc(OC(F)F)cc3)c12. The van der Waals surface area contributed by atoms with Crippen molar-refractivity contribution < 1.29 is 18.3 Å². The Bertz CT molecular complexity index is 1170. The highest BCUT2D eigenvalue weighted by Crippen LogP contribution is 2.30. The molecule has 0 saturated heterocycles. The third-order valence-corrected chi connectivity index (χ3v) is 5.22. The summed E-state index contributed by atoms with van der Waals surface area (Å²) >= 11 is 1.53. The lowest BCUT2D eigenvalue weighted by Crippen LogP contribution is -2.13. The number of rotatable bonds is 5. The van der Waals surface area contributed by atoms with Crippen molar-refractivity contribution in [2.45, 2.75) is 13.5 Å². The summed E-state index contributed by atoms with van der Waals surface area (Å²) < 4.78 is 30.6. The molecule has 6 nitrogen and oxygen atoms in total. The van der Waals surface area contributed by atoms with Gasteiger partial charge >= 0.3 is 6.61 Å². The number of aromatic nitrogens is 3. The molecule has 0 aliphatic rings. The Kier molecular flexibility index (Phi) is 4.98. The van der Waals surface area contributed by atoms with Gasteiger partial charge < -0.3 is 10.1 Å². The number of carbonyl (C=O) groups is 1. The maximum Gasteiger partial charge on any atom is 0.387 e. The van der Waals surface area contributed by atoms with Crippen LogP contribution in [0.25, 0.3) is 21.6 Å². The number of anilines is 1. The molecule has 0 spiro atoms. The van der Waals surface area contributed by atoms with E-state index in [0.717, 1.165) is 4.88 Å². The van der Waals surface area contributed by atoms with E-state index in [2.05, 4.69) is 20.1 Å². The Morgan fingerprint density at radius 2 is 2.00 bits per heavy atom. The monoisotopic (exact) mass is 414 g/mol. The fourth-order valence-electron chi connectivity index (χ4n) is 3.09. The molecule has 0 aliphatic carbocycles. The lowest BCUT2D eigenvalue weighted by Gasteiger charge is -2.10. The summed E-state index contributed by atoms with van der Waals surface area (Å²) in [6, 6.07) is 11.3. The van der Waals surface area contributed by atoms with E-state index in [1.165, 1.54) is 35.6 Å². The van der Waals surface area contributed by atoms with Gasteiger partial charge in [0.25, 0.3) is 5.91 Å². The first-order chi connectivity index (χ1) is 13.9. The first-order valence-electron chi connectivity index (χ1n) is 8.67. The predicted octanol–water partition coefficient (Wildman–Crippen LogP) is 4.86. The van der Waals surface area contributed by atoms with Crippen LogP contribution in [0.15, 0.2) is 47.8 Å². The zero-order valence-electron chi connectivity index (χ0n) is 15.5. The van der Waals surface area contributed by atoms with Crippen molar-refractivity contribution in [1.29, 1.82) is 0 Å². The number of carbonyl (C=O) groups excluding carboxylic acids is 1. The second kappa shape index (κ2) is 7.59. The molecule has 3 heterocycles. The molecule has 0 aliphatic heterocycles. The fourth-order valence-corrected chi connectivity index (χ4v) is 3.78. The molecule has 0 radical (unpaired) electrons. The van der Waals surface area contributed by atoms with Crippen molar-refractivity contribution in [3.05, 3.63) is 59.1 Å². The van der Waals surface area contributed by atoms with Crippen molar-refractivity contribution in [2.24, 2.45) is 7.05 Å². The summed E-state index contributed by atoms with van der Waals surface area (Å²) in [5, 5.41) is 9.80. The number of amides is 1. The normalized spacial score (nSPS) is 11.2. The van der Waals surface area contributed by atoms with E-state index in [1.54, 1.807) is 17.8 Å². The topological polar surface area (TPSA) is 69.0 Å². The average molecular weight is 414 g/mol. The summed E-state index contributed by atoms with van der Waals surface area (Å²) in [5.74, 6) is -0.318. The zero-order valence-corrected chi connectivity index (χ0v) is 16.3. The van der Waals surface area contributed by atoms with Crippen molar-refractivity contribution in [1.82, 2.24) is 14.8 Å². The number of nitrogens with zero attached hydrogens (tertiary/aromatic N) is 3. The van der Waals surface area contributed by atoms with E-state index in [-0.39, 0.29) is 11.7 Å². The van der Waals surface area contributed by atoms with Crippen LogP contribution in [0.5, 0.6) is 5.75 Å². The van der Waals surface area contributed by atoms with E-state index in [0.29, 0.717) is 33.7 Å². The van der Waals surface area contributed by atoms with Crippen molar-refractivity contribution in [3.63, 3.8) is 0 Å². The molecule has 1 aromatic carbocycles. The van der Waals surface area contributed by atoms with E-state index in [9.17, 15) is 13.6 Å². The minimum Gasteiger partial charge on any atom is -0.435 e. The van der Waals surface area contributed by atoms with Crippen LogP contribution < -0.4 is 10.1 Å². The lowest BCUT2D eigenvalue weighted by atomic mass is 10.1. The van der Waals surface area contributed by atoms with Crippen molar-refractivity contribution in [2.75, 3.05) is 5.32 Å². The van der Waals surface area contributed by atoms with Crippen LogP contribution in [0.4, 0.5) is 14.5 Å². The second-order valence-electron chi connectivity index (χ2n) is 6.30. The van der Waals surface area contributed by atoms with Gasteiger partial charge in [0, 0.05) is 12.7 Å². The zero-order chi connectivity index (χ0) is 20.5. The molecule has 4 aromatic rings. The van der Waals surface area contributed by atoms with Gasteiger partial charge in [-0.15, -0.1) is 11.3 Å². The van der Waals surface area contributed by atoms with E-state index >= 15 is 0 Å². The standard InChI is InChI=1S/C20H16F2N4O2S/c1-11-17-14(19(27)23-12-5-7-13(8-6-12)28-20(21)22)10-15(16-4-3-9-29-16)24-18(17)26(2)25-11/h3-10,20H,1-2H3,(H,23,27). The number of hydrogen-bond donors (Lipinski definition) is 1. The van der Waals surface area contributed by atoms with E-state index in [4.69, 9.17) is 0 Å². The number of fused-ring (bicyclic) bond motifs is 1. The van der Waals surface area contributed by atoms with Crippen molar-refractivity contribution in [3.8, 4) is 16.3 Å². The Hall–Kier alpha value is -3.33. The molecule has 0 fully saturated rings. The highest BCUT2D eigenvalue weighted by molar-refractivity contribution is 7.13. The molecule has 0 atom stereocenters. The largest absolute Gasteiger partial charge is 0.435 e. The van der Waals surface area contributed by atoms with Crippen LogP contribution in [0.2, 0.25) is 0 Å². The molecular formula is C20H16F2N4O2S. The number of nitrogens with one attached hydrogen (secondary N) is 1. The van der Waals surface area contributed by atoms with Gasteiger partial charge in [0.05, 0.1) is 27.2 Å². The van der Waals surface area contributed by atoms with Gasteiger partial charge in [0.15, 0.2) is 5.65 Å². The summed E-state index contributed by atoms with van der Waals surface area (Å²) in [5.41, 5.74) is 2.89. The highest BCUT2D eigenvalue weighted by atomic mass is 32.1. The quantitative estimate of drug-likeness (QED) is 0.506. The molecular weight excluding hydrogens is 398 g/mol. The molecule has 148 valence electrons. The minimum absolute atomic E-state index is 0.0207. The van der Waals surface area contributed by atoms with E-state index < -0.39 is 6.61 Å². The van der Waals surface area contributed by atoms with Gasteiger partial charge in [-0.25, -0.2) is 4.98 Å². The number of thiophene rings is 1. The molecule has 4 rings (SSSR count). The Morgan fingerprint density at radius 3 is 2.66 bits per heavy atom. The number of alkyl halides is 2.